The molecule has 0 unspecified atom stereocenters. The number of hydrogen-bond acceptors (Lipinski definition) is 3. The molecule has 0 aliphatic carbocycles. The minimum atomic E-state index is 0.805. The largest absolute Gasteiger partial charge is 0.342 e. The number of rotatable bonds is 1. The maximum Gasteiger partial charge on any atom is 0.140 e. The molecule has 0 bridgehead atoms. The Morgan fingerprint density at radius 3 is 2.62 bits per heavy atom. The number of nitrogens with one attached hydrogen (secondary N) is 1. The highest BCUT2D eigenvalue weighted by Crippen LogP contribution is 2.23. The standard InChI is InChI=1S/C8H7BrN4/c1-5-2-10-8(13-5)6-3-11-12-4-7(6)9/h2-4H,1H3,(H,10,13). The van der Waals surface area contributed by atoms with Crippen LogP contribution in [-0.4, -0.2) is 20.2 Å². The van der Waals surface area contributed by atoms with Gasteiger partial charge in [0.15, 0.2) is 0 Å². The first-order valence-electron chi connectivity index (χ1n) is 3.75. The molecule has 0 saturated heterocycles. The Labute approximate surface area is 83.6 Å². The summed E-state index contributed by atoms with van der Waals surface area (Å²) in [4.78, 5) is 7.32. The molecule has 0 radical (unpaired) electrons. The van der Waals surface area contributed by atoms with Crippen molar-refractivity contribution in [1.29, 1.82) is 0 Å². The predicted molar refractivity (Wildman–Crippen MR) is 52.1 cm³/mol. The fourth-order valence-electron chi connectivity index (χ4n) is 1.03. The Bertz CT molecular complexity index is 424. The van der Waals surface area contributed by atoms with Crippen LogP contribution in [0.25, 0.3) is 11.4 Å². The van der Waals surface area contributed by atoms with E-state index in [1.54, 1.807) is 18.6 Å². The van der Waals surface area contributed by atoms with E-state index in [0.717, 1.165) is 21.6 Å². The molecule has 66 valence electrons. The van der Waals surface area contributed by atoms with Gasteiger partial charge in [0, 0.05) is 11.9 Å². The molecule has 1 N–H and O–H groups in total. The van der Waals surface area contributed by atoms with Gasteiger partial charge in [-0.25, -0.2) is 4.98 Å². The number of halogens is 1. The monoisotopic (exact) mass is 238 g/mol. The van der Waals surface area contributed by atoms with Crippen LogP contribution in [0.4, 0.5) is 0 Å². The minimum Gasteiger partial charge on any atom is -0.342 e. The van der Waals surface area contributed by atoms with Crippen molar-refractivity contribution < 1.29 is 0 Å². The summed E-state index contributed by atoms with van der Waals surface area (Å²) in [5.41, 5.74) is 1.95. The predicted octanol–water partition coefficient (Wildman–Crippen LogP) is 1.94. The quantitative estimate of drug-likeness (QED) is 0.827. The molecular weight excluding hydrogens is 232 g/mol. The number of H-pyrrole nitrogens is 1. The van der Waals surface area contributed by atoms with Crippen molar-refractivity contribution in [1.82, 2.24) is 20.2 Å². The van der Waals surface area contributed by atoms with Crippen molar-refractivity contribution in [3.63, 3.8) is 0 Å². The Kier molecular flexibility index (Phi) is 2.10. The fourth-order valence-corrected chi connectivity index (χ4v) is 1.41. The summed E-state index contributed by atoms with van der Waals surface area (Å²) in [6, 6.07) is 0. The number of aromatic amines is 1. The fraction of sp³-hybridized carbons (Fsp3) is 0.125. The Morgan fingerprint density at radius 2 is 2.00 bits per heavy atom. The van der Waals surface area contributed by atoms with Crippen LogP contribution in [0.15, 0.2) is 23.1 Å². The van der Waals surface area contributed by atoms with E-state index in [4.69, 9.17) is 0 Å². The molecule has 4 nitrogen and oxygen atoms in total. The van der Waals surface area contributed by atoms with E-state index < -0.39 is 0 Å². The first-order valence-corrected chi connectivity index (χ1v) is 4.55. The lowest BCUT2D eigenvalue weighted by atomic mass is 10.3. The molecule has 0 spiro atoms. The summed E-state index contributed by atoms with van der Waals surface area (Å²) in [5.74, 6) is 0.805. The van der Waals surface area contributed by atoms with Crippen LogP contribution in [0.3, 0.4) is 0 Å². The maximum absolute atomic E-state index is 4.19. The zero-order valence-corrected chi connectivity index (χ0v) is 8.54. The van der Waals surface area contributed by atoms with E-state index in [9.17, 15) is 0 Å². The van der Waals surface area contributed by atoms with Gasteiger partial charge < -0.3 is 4.98 Å². The number of nitrogens with zero attached hydrogens (tertiary/aromatic N) is 3. The molecule has 5 heteroatoms. The summed E-state index contributed by atoms with van der Waals surface area (Å²) in [6.45, 7) is 1.96. The lowest BCUT2D eigenvalue weighted by Crippen LogP contribution is -1.86. The van der Waals surface area contributed by atoms with Crippen LogP contribution in [0.2, 0.25) is 0 Å². The molecule has 0 saturated carbocycles. The third-order valence-electron chi connectivity index (χ3n) is 1.64. The second-order valence-electron chi connectivity index (χ2n) is 2.67. The Morgan fingerprint density at radius 1 is 1.23 bits per heavy atom. The number of imidazole rings is 1. The lowest BCUT2D eigenvalue weighted by molar-refractivity contribution is 1.02. The average molecular weight is 239 g/mol. The minimum absolute atomic E-state index is 0.805. The summed E-state index contributed by atoms with van der Waals surface area (Å²) in [6.07, 6.45) is 5.09. The molecule has 2 rings (SSSR count). The van der Waals surface area contributed by atoms with Crippen LogP contribution >= 0.6 is 15.9 Å². The van der Waals surface area contributed by atoms with Crippen LogP contribution in [0, 0.1) is 6.92 Å². The molecule has 0 aliphatic rings. The second kappa shape index (κ2) is 3.26. The van der Waals surface area contributed by atoms with Gasteiger partial charge in [-0.05, 0) is 22.9 Å². The zero-order valence-electron chi connectivity index (χ0n) is 6.95. The first-order chi connectivity index (χ1) is 6.27. The topological polar surface area (TPSA) is 54.5 Å². The highest BCUT2D eigenvalue weighted by Gasteiger charge is 2.05. The number of aryl methyl sites for hydroxylation is 1. The molecule has 0 fully saturated rings. The molecule has 0 atom stereocenters. The highest BCUT2D eigenvalue weighted by molar-refractivity contribution is 9.10. The molecule has 2 heterocycles. The zero-order chi connectivity index (χ0) is 9.26. The molecule has 2 aromatic rings. The van der Waals surface area contributed by atoms with Gasteiger partial charge in [0.25, 0.3) is 0 Å². The van der Waals surface area contributed by atoms with E-state index >= 15 is 0 Å². The van der Waals surface area contributed by atoms with Gasteiger partial charge in [0.1, 0.15) is 5.82 Å². The van der Waals surface area contributed by atoms with Crippen molar-refractivity contribution in [3.05, 3.63) is 28.8 Å². The summed E-state index contributed by atoms with van der Waals surface area (Å²) >= 11 is 3.38. The first kappa shape index (κ1) is 8.37. The highest BCUT2D eigenvalue weighted by atomic mass is 79.9. The van der Waals surface area contributed by atoms with E-state index in [1.807, 2.05) is 6.92 Å². The second-order valence-corrected chi connectivity index (χ2v) is 3.52. The molecule has 0 amide bonds. The van der Waals surface area contributed by atoms with Crippen LogP contribution in [0.5, 0.6) is 0 Å². The summed E-state index contributed by atoms with van der Waals surface area (Å²) < 4.78 is 0.886. The third kappa shape index (κ3) is 1.60. The van der Waals surface area contributed by atoms with E-state index in [-0.39, 0.29) is 0 Å². The van der Waals surface area contributed by atoms with E-state index in [1.165, 1.54) is 0 Å². The van der Waals surface area contributed by atoms with Gasteiger partial charge in [-0.2, -0.15) is 10.2 Å². The van der Waals surface area contributed by atoms with Gasteiger partial charge in [-0.15, -0.1) is 0 Å². The van der Waals surface area contributed by atoms with Crippen LogP contribution in [-0.2, 0) is 0 Å². The van der Waals surface area contributed by atoms with Gasteiger partial charge in [-0.3, -0.25) is 0 Å². The molecule has 13 heavy (non-hydrogen) atoms. The molecule has 0 aliphatic heterocycles. The average Bonchev–Trinajstić information content (AvgIpc) is 2.53. The third-order valence-corrected chi connectivity index (χ3v) is 2.27. The number of aromatic nitrogens is 4. The van der Waals surface area contributed by atoms with Gasteiger partial charge >= 0.3 is 0 Å². The van der Waals surface area contributed by atoms with Gasteiger partial charge in [0.2, 0.25) is 0 Å². The van der Waals surface area contributed by atoms with Crippen molar-refractivity contribution in [3.8, 4) is 11.4 Å². The van der Waals surface area contributed by atoms with Gasteiger partial charge in [-0.1, -0.05) is 0 Å². The smallest absolute Gasteiger partial charge is 0.140 e. The Hall–Kier alpha value is -1.23. The normalized spacial score (nSPS) is 10.3. The lowest BCUT2D eigenvalue weighted by Gasteiger charge is -1.97. The van der Waals surface area contributed by atoms with Gasteiger partial charge in [0.05, 0.1) is 22.4 Å². The van der Waals surface area contributed by atoms with Crippen LogP contribution < -0.4 is 0 Å². The molecule has 2 aromatic heterocycles. The SMILES string of the molecule is Cc1cnc(-c2cnncc2Br)[nH]1. The van der Waals surface area contributed by atoms with E-state index in [0.29, 0.717) is 0 Å². The molecular formula is C8H7BrN4. The summed E-state index contributed by atoms with van der Waals surface area (Å²) in [7, 11) is 0. The van der Waals surface area contributed by atoms with Crippen molar-refractivity contribution >= 4 is 15.9 Å². The van der Waals surface area contributed by atoms with Crippen LogP contribution in [0.1, 0.15) is 5.69 Å². The van der Waals surface area contributed by atoms with Crippen molar-refractivity contribution in [2.75, 3.05) is 0 Å². The van der Waals surface area contributed by atoms with Crippen molar-refractivity contribution in [2.24, 2.45) is 0 Å². The Balaban J connectivity index is 2.52. The molecule has 0 aromatic carbocycles. The van der Waals surface area contributed by atoms with E-state index in [2.05, 4.69) is 36.1 Å². The summed E-state index contributed by atoms with van der Waals surface area (Å²) in [5, 5.41) is 7.53. The maximum atomic E-state index is 4.19. The number of hydrogen-bond donors (Lipinski definition) is 1. The van der Waals surface area contributed by atoms with Crippen molar-refractivity contribution in [2.45, 2.75) is 6.92 Å².